The molecule has 2 heterocycles. The topological polar surface area (TPSA) is 87.0 Å². The van der Waals surface area contributed by atoms with E-state index >= 15 is 0 Å². The van der Waals surface area contributed by atoms with Gasteiger partial charge in [0.25, 0.3) is 11.6 Å². The minimum absolute atomic E-state index is 0.0123. The number of anilines is 2. The molecule has 0 aliphatic carbocycles. The summed E-state index contributed by atoms with van der Waals surface area (Å²) in [7, 11) is 0. The Kier molecular flexibility index (Phi) is 5.59. The summed E-state index contributed by atoms with van der Waals surface area (Å²) in [6.07, 6.45) is -4.87. The number of non-ortho nitro benzene ring substituents is 1. The van der Waals surface area contributed by atoms with E-state index in [1.54, 1.807) is 17.0 Å². The molecule has 1 atom stereocenters. The molecular weight excluding hydrogens is 429 g/mol. The van der Waals surface area contributed by atoms with Crippen molar-refractivity contribution in [1.82, 2.24) is 4.90 Å². The molecule has 32 heavy (non-hydrogen) atoms. The molecule has 2 fully saturated rings. The van der Waals surface area contributed by atoms with Crippen molar-refractivity contribution in [2.24, 2.45) is 0 Å². The van der Waals surface area contributed by atoms with Crippen molar-refractivity contribution in [1.29, 1.82) is 0 Å². The van der Waals surface area contributed by atoms with Crippen LogP contribution in [0.25, 0.3) is 0 Å². The zero-order valence-electron chi connectivity index (χ0n) is 16.8. The molecule has 0 N–H and O–H groups in total. The van der Waals surface area contributed by atoms with Gasteiger partial charge in [-0.25, -0.2) is 4.90 Å². The van der Waals surface area contributed by atoms with Crippen molar-refractivity contribution in [3.63, 3.8) is 0 Å². The van der Waals surface area contributed by atoms with Crippen LogP contribution in [0.15, 0.2) is 48.5 Å². The Hall–Kier alpha value is -3.47. The Labute approximate surface area is 181 Å². The van der Waals surface area contributed by atoms with Crippen LogP contribution in [0, 0.1) is 10.1 Å². The van der Waals surface area contributed by atoms with E-state index in [2.05, 4.69) is 0 Å². The van der Waals surface area contributed by atoms with Gasteiger partial charge in [-0.2, -0.15) is 13.2 Å². The Morgan fingerprint density at radius 2 is 1.56 bits per heavy atom. The molecule has 2 aliphatic heterocycles. The number of alkyl halides is 3. The standard InChI is InChI=1S/C21H19F3N4O4/c22-21(23,24)16-3-1-2-4-17(16)27-19(29)13-18(20(27)30)26-11-9-25(10-12-26)14-5-7-15(8-6-14)28(31)32/h1-8,18H,9-13H2. The van der Waals surface area contributed by atoms with Crippen LogP contribution in [-0.2, 0) is 15.8 Å². The maximum absolute atomic E-state index is 13.4. The molecule has 2 saturated heterocycles. The number of rotatable bonds is 4. The smallest absolute Gasteiger partial charge is 0.369 e. The fourth-order valence-electron chi connectivity index (χ4n) is 4.14. The number of amides is 2. The van der Waals surface area contributed by atoms with Gasteiger partial charge in [-0.1, -0.05) is 12.1 Å². The van der Waals surface area contributed by atoms with Gasteiger partial charge in [-0.3, -0.25) is 24.6 Å². The van der Waals surface area contributed by atoms with E-state index in [1.165, 1.54) is 24.3 Å². The van der Waals surface area contributed by atoms with Crippen LogP contribution >= 0.6 is 0 Å². The molecule has 2 aliphatic rings. The average Bonchev–Trinajstić information content (AvgIpc) is 3.07. The van der Waals surface area contributed by atoms with Gasteiger partial charge < -0.3 is 4.90 Å². The Morgan fingerprint density at radius 3 is 2.16 bits per heavy atom. The number of para-hydroxylation sites is 1. The van der Waals surface area contributed by atoms with E-state index in [0.717, 1.165) is 17.8 Å². The fourth-order valence-corrected chi connectivity index (χ4v) is 4.14. The molecule has 168 valence electrons. The SMILES string of the molecule is O=C1CC(N2CCN(c3ccc([N+](=O)[O-])cc3)CC2)C(=O)N1c1ccccc1C(F)(F)F. The van der Waals surface area contributed by atoms with Crippen LogP contribution in [0.3, 0.4) is 0 Å². The van der Waals surface area contributed by atoms with E-state index in [0.29, 0.717) is 31.1 Å². The van der Waals surface area contributed by atoms with Crippen molar-refractivity contribution < 1.29 is 27.7 Å². The number of carbonyl (C=O) groups is 2. The highest BCUT2D eigenvalue weighted by Crippen LogP contribution is 2.38. The maximum atomic E-state index is 13.4. The van der Waals surface area contributed by atoms with Crippen molar-refractivity contribution >= 4 is 28.9 Å². The highest BCUT2D eigenvalue weighted by Gasteiger charge is 2.46. The molecule has 1 unspecified atom stereocenters. The Balaban J connectivity index is 1.46. The van der Waals surface area contributed by atoms with Gasteiger partial charge in [0.15, 0.2) is 0 Å². The third kappa shape index (κ3) is 4.03. The number of benzene rings is 2. The first-order chi connectivity index (χ1) is 15.2. The predicted octanol–water partition coefficient (Wildman–Crippen LogP) is 3.07. The summed E-state index contributed by atoms with van der Waals surface area (Å²) in [5.41, 5.74) is -0.682. The summed E-state index contributed by atoms with van der Waals surface area (Å²) < 4.78 is 40.1. The van der Waals surface area contributed by atoms with Crippen LogP contribution in [0.1, 0.15) is 12.0 Å². The summed E-state index contributed by atoms with van der Waals surface area (Å²) in [5.74, 6) is -1.31. The second kappa shape index (κ2) is 8.23. The number of halogens is 3. The van der Waals surface area contributed by atoms with Gasteiger partial charge in [-0.15, -0.1) is 0 Å². The number of nitrogens with zero attached hydrogens (tertiary/aromatic N) is 4. The van der Waals surface area contributed by atoms with Crippen LogP contribution in [0.4, 0.5) is 30.2 Å². The van der Waals surface area contributed by atoms with Gasteiger partial charge in [-0.05, 0) is 24.3 Å². The van der Waals surface area contributed by atoms with Gasteiger partial charge in [0.05, 0.1) is 28.6 Å². The summed E-state index contributed by atoms with van der Waals surface area (Å²) in [6, 6.07) is 9.87. The molecule has 2 aromatic rings. The van der Waals surface area contributed by atoms with E-state index in [4.69, 9.17) is 0 Å². The minimum atomic E-state index is -4.69. The molecular formula is C21H19F3N4O4. The lowest BCUT2D eigenvalue weighted by Crippen LogP contribution is -2.52. The van der Waals surface area contributed by atoms with E-state index in [1.807, 2.05) is 4.90 Å². The lowest BCUT2D eigenvalue weighted by molar-refractivity contribution is -0.384. The lowest BCUT2D eigenvalue weighted by atomic mass is 10.1. The molecule has 2 amide bonds. The number of piperazine rings is 1. The van der Waals surface area contributed by atoms with Crippen molar-refractivity contribution in [2.45, 2.75) is 18.6 Å². The summed E-state index contributed by atoms with van der Waals surface area (Å²) in [4.78, 5) is 40.3. The number of nitro groups is 1. The first-order valence-electron chi connectivity index (χ1n) is 9.93. The van der Waals surface area contributed by atoms with Crippen LogP contribution < -0.4 is 9.80 Å². The molecule has 11 heteroatoms. The van der Waals surface area contributed by atoms with Gasteiger partial charge in [0.1, 0.15) is 0 Å². The molecule has 0 aromatic heterocycles. The predicted molar refractivity (Wildman–Crippen MR) is 109 cm³/mol. The molecule has 8 nitrogen and oxygen atoms in total. The second-order valence-corrected chi connectivity index (χ2v) is 7.60. The minimum Gasteiger partial charge on any atom is -0.369 e. The molecule has 4 rings (SSSR count). The first kappa shape index (κ1) is 21.8. The quantitative estimate of drug-likeness (QED) is 0.406. The molecule has 2 aromatic carbocycles. The zero-order valence-corrected chi connectivity index (χ0v) is 16.8. The highest BCUT2D eigenvalue weighted by atomic mass is 19.4. The lowest BCUT2D eigenvalue weighted by Gasteiger charge is -2.38. The molecule has 0 radical (unpaired) electrons. The van der Waals surface area contributed by atoms with E-state index < -0.39 is 40.2 Å². The van der Waals surface area contributed by atoms with Crippen LogP contribution in [-0.4, -0.2) is 53.9 Å². The van der Waals surface area contributed by atoms with Crippen molar-refractivity contribution in [3.05, 3.63) is 64.2 Å². The van der Waals surface area contributed by atoms with E-state index in [-0.39, 0.29) is 12.1 Å². The third-order valence-electron chi connectivity index (χ3n) is 5.75. The second-order valence-electron chi connectivity index (χ2n) is 7.60. The van der Waals surface area contributed by atoms with Crippen molar-refractivity contribution in [3.8, 4) is 0 Å². The van der Waals surface area contributed by atoms with Crippen LogP contribution in [0.5, 0.6) is 0 Å². The monoisotopic (exact) mass is 448 g/mol. The number of hydrogen-bond donors (Lipinski definition) is 0. The van der Waals surface area contributed by atoms with Crippen molar-refractivity contribution in [2.75, 3.05) is 36.0 Å². The highest BCUT2D eigenvalue weighted by molar-refractivity contribution is 6.22. The Morgan fingerprint density at radius 1 is 0.938 bits per heavy atom. The van der Waals surface area contributed by atoms with Gasteiger partial charge in [0.2, 0.25) is 5.91 Å². The fraction of sp³-hybridized carbons (Fsp3) is 0.333. The number of nitro benzene ring substituents is 1. The number of hydrogen-bond acceptors (Lipinski definition) is 6. The largest absolute Gasteiger partial charge is 0.418 e. The van der Waals surface area contributed by atoms with Gasteiger partial charge >= 0.3 is 6.18 Å². The maximum Gasteiger partial charge on any atom is 0.418 e. The zero-order chi connectivity index (χ0) is 23.0. The van der Waals surface area contributed by atoms with E-state index in [9.17, 15) is 32.9 Å². The summed E-state index contributed by atoms with van der Waals surface area (Å²) >= 11 is 0. The normalized spacial score (nSPS) is 20.2. The van der Waals surface area contributed by atoms with Crippen LogP contribution in [0.2, 0.25) is 0 Å². The summed E-state index contributed by atoms with van der Waals surface area (Å²) in [6.45, 7) is 1.87. The molecule has 0 saturated carbocycles. The number of imide groups is 1. The third-order valence-corrected chi connectivity index (χ3v) is 5.75. The molecule has 0 bridgehead atoms. The summed E-state index contributed by atoms with van der Waals surface area (Å²) in [5, 5.41) is 10.8. The van der Waals surface area contributed by atoms with Gasteiger partial charge in [0, 0.05) is 44.0 Å². The molecule has 0 spiro atoms. The first-order valence-corrected chi connectivity index (χ1v) is 9.93. The number of carbonyl (C=O) groups excluding carboxylic acids is 2. The Bertz CT molecular complexity index is 1050. The average molecular weight is 448 g/mol.